The van der Waals surface area contributed by atoms with Gasteiger partial charge in [0.2, 0.25) is 5.43 Å². The van der Waals surface area contributed by atoms with Crippen molar-refractivity contribution >= 4 is 5.97 Å². The first-order valence-electron chi connectivity index (χ1n) is 6.79. The number of aromatic nitrogens is 1. The number of aromatic carboxylic acids is 1. The Labute approximate surface area is 121 Å². The summed E-state index contributed by atoms with van der Waals surface area (Å²) >= 11 is 0. The Balaban J connectivity index is 1.81. The zero-order valence-electron chi connectivity index (χ0n) is 11.3. The van der Waals surface area contributed by atoms with Crippen LogP contribution in [0.3, 0.4) is 0 Å². The number of carbonyl (C=O) groups is 1. The molecule has 2 N–H and O–H groups in total. The summed E-state index contributed by atoms with van der Waals surface area (Å²) in [5.74, 6) is -1.40. The van der Waals surface area contributed by atoms with E-state index in [2.05, 4.69) is 12.1 Å². The van der Waals surface area contributed by atoms with Crippen molar-refractivity contribution in [3.8, 4) is 5.75 Å². The average Bonchev–Trinajstić information content (AvgIpc) is 2.41. The van der Waals surface area contributed by atoms with Gasteiger partial charge in [-0.1, -0.05) is 30.3 Å². The van der Waals surface area contributed by atoms with Gasteiger partial charge in [0, 0.05) is 12.2 Å². The number of rotatable bonds is 3. The van der Waals surface area contributed by atoms with Gasteiger partial charge in [-0.05, 0) is 24.3 Å². The monoisotopic (exact) mass is 285 g/mol. The zero-order chi connectivity index (χ0) is 15.0. The number of aromatic hydroxyl groups is 1. The molecule has 108 valence electrons. The van der Waals surface area contributed by atoms with Crippen LogP contribution in [0, 0.1) is 0 Å². The summed E-state index contributed by atoms with van der Waals surface area (Å²) in [5.41, 5.74) is 0.0355. The van der Waals surface area contributed by atoms with E-state index in [-0.39, 0.29) is 6.04 Å². The van der Waals surface area contributed by atoms with Crippen molar-refractivity contribution in [2.24, 2.45) is 0 Å². The summed E-state index contributed by atoms with van der Waals surface area (Å²) in [5, 5.41) is 18.6. The third kappa shape index (κ3) is 2.42. The molecule has 0 radical (unpaired) electrons. The van der Waals surface area contributed by atoms with Gasteiger partial charge in [0.1, 0.15) is 5.56 Å². The molecule has 3 rings (SSSR count). The van der Waals surface area contributed by atoms with Crippen LogP contribution in [0.2, 0.25) is 0 Å². The molecular weight excluding hydrogens is 270 g/mol. The molecule has 0 aliphatic heterocycles. The summed E-state index contributed by atoms with van der Waals surface area (Å²) in [6.45, 7) is 0. The lowest BCUT2D eigenvalue weighted by Gasteiger charge is -2.37. The van der Waals surface area contributed by atoms with Crippen LogP contribution in [-0.4, -0.2) is 20.7 Å². The molecule has 0 spiro atoms. The molecule has 1 aliphatic rings. The fourth-order valence-electron chi connectivity index (χ4n) is 2.77. The van der Waals surface area contributed by atoms with Gasteiger partial charge in [0.25, 0.3) is 0 Å². The zero-order valence-corrected chi connectivity index (χ0v) is 11.3. The molecule has 0 bridgehead atoms. The molecule has 1 aliphatic carbocycles. The van der Waals surface area contributed by atoms with Gasteiger partial charge in [-0.15, -0.1) is 0 Å². The third-order valence-electron chi connectivity index (χ3n) is 4.06. The number of hydrogen-bond donors (Lipinski definition) is 2. The van der Waals surface area contributed by atoms with Crippen LogP contribution >= 0.6 is 0 Å². The van der Waals surface area contributed by atoms with Crippen LogP contribution in [-0.2, 0) is 0 Å². The van der Waals surface area contributed by atoms with Crippen LogP contribution in [0.1, 0.15) is 40.7 Å². The van der Waals surface area contributed by atoms with E-state index in [1.54, 1.807) is 4.57 Å². The molecule has 21 heavy (non-hydrogen) atoms. The molecule has 1 aromatic carbocycles. The molecule has 5 heteroatoms. The van der Waals surface area contributed by atoms with Crippen molar-refractivity contribution in [3.63, 3.8) is 0 Å². The van der Waals surface area contributed by atoms with Crippen LogP contribution in [0.4, 0.5) is 0 Å². The minimum atomic E-state index is -1.32. The van der Waals surface area contributed by atoms with E-state index < -0.39 is 22.7 Å². The summed E-state index contributed by atoms with van der Waals surface area (Å²) in [4.78, 5) is 22.5. The molecule has 1 aromatic heterocycles. The third-order valence-corrected chi connectivity index (χ3v) is 4.06. The maximum absolute atomic E-state index is 11.5. The molecular formula is C16H15NO4. The Kier molecular flexibility index (Phi) is 3.25. The lowest BCUT2D eigenvalue weighted by atomic mass is 9.75. The second-order valence-corrected chi connectivity index (χ2v) is 5.37. The normalized spacial score (nSPS) is 20.8. The van der Waals surface area contributed by atoms with Gasteiger partial charge in [0.05, 0.1) is 6.20 Å². The Morgan fingerprint density at radius 2 is 1.81 bits per heavy atom. The molecule has 1 heterocycles. The molecule has 1 saturated carbocycles. The van der Waals surface area contributed by atoms with E-state index in [0.717, 1.165) is 12.8 Å². The molecule has 1 fully saturated rings. The highest BCUT2D eigenvalue weighted by Gasteiger charge is 2.31. The number of benzene rings is 1. The van der Waals surface area contributed by atoms with E-state index in [1.807, 2.05) is 18.2 Å². The Hall–Kier alpha value is -2.56. The van der Waals surface area contributed by atoms with Crippen LogP contribution in [0.15, 0.2) is 47.5 Å². The average molecular weight is 285 g/mol. The van der Waals surface area contributed by atoms with E-state index in [1.165, 1.54) is 18.0 Å². The van der Waals surface area contributed by atoms with E-state index in [9.17, 15) is 14.7 Å². The summed E-state index contributed by atoms with van der Waals surface area (Å²) in [7, 11) is 0. The predicted molar refractivity (Wildman–Crippen MR) is 76.8 cm³/mol. The fraction of sp³-hybridized carbons (Fsp3) is 0.250. The maximum atomic E-state index is 11.5. The van der Waals surface area contributed by atoms with Crippen molar-refractivity contribution in [3.05, 3.63) is 64.1 Å². The van der Waals surface area contributed by atoms with Crippen molar-refractivity contribution in [2.75, 3.05) is 0 Å². The smallest absolute Gasteiger partial charge is 0.341 e. The summed E-state index contributed by atoms with van der Waals surface area (Å²) in [6.07, 6.45) is 4.37. The van der Waals surface area contributed by atoms with Crippen LogP contribution in [0.5, 0.6) is 5.75 Å². The second-order valence-electron chi connectivity index (χ2n) is 5.37. The number of nitrogens with zero attached hydrogens (tertiary/aromatic N) is 1. The molecule has 0 amide bonds. The lowest BCUT2D eigenvalue weighted by molar-refractivity contribution is 0.0693. The molecule has 0 unspecified atom stereocenters. The first-order chi connectivity index (χ1) is 10.1. The highest BCUT2D eigenvalue weighted by molar-refractivity contribution is 5.87. The quantitative estimate of drug-likeness (QED) is 0.907. The SMILES string of the molecule is O=C(O)c1cn(C2CC(c3ccccc3)C2)cc(O)c1=O. The first kappa shape index (κ1) is 13.4. The van der Waals surface area contributed by atoms with Gasteiger partial charge in [-0.25, -0.2) is 4.79 Å². The van der Waals surface area contributed by atoms with E-state index >= 15 is 0 Å². The summed E-state index contributed by atoms with van der Waals surface area (Å²) < 4.78 is 1.64. The van der Waals surface area contributed by atoms with Gasteiger partial charge >= 0.3 is 5.97 Å². The largest absolute Gasteiger partial charge is 0.503 e. The lowest BCUT2D eigenvalue weighted by Crippen LogP contribution is -2.27. The minimum Gasteiger partial charge on any atom is -0.503 e. The fourth-order valence-corrected chi connectivity index (χ4v) is 2.77. The highest BCUT2D eigenvalue weighted by atomic mass is 16.4. The topological polar surface area (TPSA) is 79.5 Å². The van der Waals surface area contributed by atoms with E-state index in [0.29, 0.717) is 5.92 Å². The van der Waals surface area contributed by atoms with Crippen LogP contribution in [0.25, 0.3) is 0 Å². The number of hydrogen-bond acceptors (Lipinski definition) is 3. The number of pyridine rings is 1. The highest BCUT2D eigenvalue weighted by Crippen LogP contribution is 2.44. The van der Waals surface area contributed by atoms with Crippen molar-refractivity contribution in [1.29, 1.82) is 0 Å². The minimum absolute atomic E-state index is 0.111. The molecule has 2 aromatic rings. The number of carboxylic acids is 1. The van der Waals surface area contributed by atoms with Gasteiger partial charge in [-0.3, -0.25) is 4.79 Å². The second kappa shape index (κ2) is 5.09. The van der Waals surface area contributed by atoms with Crippen molar-refractivity contribution in [1.82, 2.24) is 4.57 Å². The number of carboxylic acid groups (broad SMARTS) is 1. The predicted octanol–water partition coefficient (Wildman–Crippen LogP) is 2.37. The summed E-state index contributed by atoms with van der Waals surface area (Å²) in [6, 6.07) is 10.2. The molecule has 0 atom stereocenters. The molecule has 5 nitrogen and oxygen atoms in total. The Morgan fingerprint density at radius 3 is 2.43 bits per heavy atom. The van der Waals surface area contributed by atoms with Gasteiger partial charge in [0.15, 0.2) is 5.75 Å². The Morgan fingerprint density at radius 1 is 1.14 bits per heavy atom. The van der Waals surface area contributed by atoms with Gasteiger partial charge < -0.3 is 14.8 Å². The van der Waals surface area contributed by atoms with E-state index in [4.69, 9.17) is 5.11 Å². The molecule has 0 saturated heterocycles. The standard InChI is InChI=1S/C16H15NO4/c18-14-9-17(8-13(15(14)19)16(20)21)12-6-11(7-12)10-4-2-1-3-5-10/h1-5,8-9,11-12,18H,6-7H2,(H,20,21). The van der Waals surface area contributed by atoms with Crippen molar-refractivity contribution in [2.45, 2.75) is 24.8 Å². The maximum Gasteiger partial charge on any atom is 0.341 e. The van der Waals surface area contributed by atoms with Crippen LogP contribution < -0.4 is 5.43 Å². The van der Waals surface area contributed by atoms with Gasteiger partial charge in [-0.2, -0.15) is 0 Å². The van der Waals surface area contributed by atoms with Crippen molar-refractivity contribution < 1.29 is 15.0 Å². The Bertz CT molecular complexity index is 730. The first-order valence-corrected chi connectivity index (χ1v) is 6.79.